The maximum absolute atomic E-state index is 11.4. The van der Waals surface area contributed by atoms with Crippen LogP contribution in [0.25, 0.3) is 0 Å². The van der Waals surface area contributed by atoms with Gasteiger partial charge in [0.1, 0.15) is 0 Å². The van der Waals surface area contributed by atoms with E-state index in [1.807, 2.05) is 20.8 Å². The van der Waals surface area contributed by atoms with Gasteiger partial charge in [-0.15, -0.1) is 0 Å². The Morgan fingerprint density at radius 3 is 1.75 bits per heavy atom. The summed E-state index contributed by atoms with van der Waals surface area (Å²) >= 11 is 4.03. The van der Waals surface area contributed by atoms with Crippen LogP contribution in [0.1, 0.15) is 48.0 Å². The molecule has 0 aromatic rings. The van der Waals surface area contributed by atoms with E-state index < -0.39 is 10.8 Å². The Hall–Kier alpha value is -0.510. The van der Waals surface area contributed by atoms with Gasteiger partial charge < -0.3 is 0 Å². The van der Waals surface area contributed by atoms with Crippen molar-refractivity contribution >= 4 is 24.4 Å². The van der Waals surface area contributed by atoms with E-state index in [9.17, 15) is 9.59 Å². The molecule has 1 aliphatic rings. The molecule has 1 unspecified atom stereocenters. The molecule has 4 heteroatoms. The summed E-state index contributed by atoms with van der Waals surface area (Å²) in [5, 5.41) is -0.434. The molecule has 2 amide bonds. The van der Waals surface area contributed by atoms with Crippen molar-refractivity contribution in [3.05, 3.63) is 0 Å². The summed E-state index contributed by atoms with van der Waals surface area (Å²) in [6.45, 7) is 12.0. The fourth-order valence-electron chi connectivity index (χ4n) is 1.32. The van der Waals surface area contributed by atoms with Crippen LogP contribution in [-0.4, -0.2) is 27.5 Å². The van der Waals surface area contributed by atoms with Crippen molar-refractivity contribution in [3.8, 4) is 0 Å². The molecule has 0 aliphatic carbocycles. The number of carbonyl (C=O) groups is 2. The molecule has 1 aliphatic heterocycles. The average Bonchev–Trinajstić information content (AvgIpc) is 2.22. The third-order valence-corrected chi connectivity index (χ3v) is 2.20. The molecule has 0 aromatic heterocycles. The van der Waals surface area contributed by atoms with E-state index in [2.05, 4.69) is 33.4 Å². The summed E-state index contributed by atoms with van der Waals surface area (Å²) in [4.78, 5) is 24.0. The highest BCUT2D eigenvalue weighted by molar-refractivity contribution is 7.81. The first-order valence-corrected chi connectivity index (χ1v) is 6.14. The van der Waals surface area contributed by atoms with Crippen molar-refractivity contribution in [1.29, 1.82) is 0 Å². The molecule has 0 N–H and O–H groups in total. The number of thiol groups is 1. The van der Waals surface area contributed by atoms with Crippen molar-refractivity contribution in [2.45, 2.75) is 58.8 Å². The molecular formula is C12H23NO2S. The molecule has 0 saturated carbocycles. The molecule has 3 nitrogen and oxygen atoms in total. The van der Waals surface area contributed by atoms with E-state index in [0.717, 1.165) is 5.92 Å². The first kappa shape index (κ1) is 15.5. The minimum Gasteiger partial charge on any atom is -0.276 e. The summed E-state index contributed by atoms with van der Waals surface area (Å²) in [7, 11) is 0. The van der Waals surface area contributed by atoms with Gasteiger partial charge in [0.15, 0.2) is 0 Å². The Labute approximate surface area is 104 Å². The zero-order valence-electron chi connectivity index (χ0n) is 11.1. The normalized spacial score (nSPS) is 21.2. The van der Waals surface area contributed by atoms with Gasteiger partial charge in [0, 0.05) is 12.0 Å². The fraction of sp³-hybridized carbons (Fsp3) is 0.833. The minimum atomic E-state index is -0.434. The lowest BCUT2D eigenvalue weighted by Gasteiger charge is -2.29. The Morgan fingerprint density at radius 1 is 1.25 bits per heavy atom. The number of hydrogen-bond donors (Lipinski definition) is 1. The second-order valence-corrected chi connectivity index (χ2v) is 6.31. The van der Waals surface area contributed by atoms with Gasteiger partial charge in [0.25, 0.3) is 0 Å². The molecule has 16 heavy (non-hydrogen) atoms. The highest BCUT2D eigenvalue weighted by Crippen LogP contribution is 2.25. The Balaban J connectivity index is 0.000000487. The quantitative estimate of drug-likeness (QED) is 0.526. The molecule has 1 atom stereocenters. The molecule has 0 radical (unpaired) electrons. The van der Waals surface area contributed by atoms with Crippen molar-refractivity contribution in [2.75, 3.05) is 0 Å². The standard InChI is InChI=1S/C8H13NO2S.C4H10/c1-8(2,3)9-6(10)4-5(12)7(9)11;1-4(2)3/h5,12H,4H2,1-3H3;4H,1-3H3. The van der Waals surface area contributed by atoms with Gasteiger partial charge in [-0.1, -0.05) is 20.8 Å². The van der Waals surface area contributed by atoms with Crippen LogP contribution in [0, 0.1) is 5.92 Å². The molecule has 1 rings (SSSR count). The third kappa shape index (κ3) is 4.56. The van der Waals surface area contributed by atoms with E-state index in [0.29, 0.717) is 0 Å². The first-order chi connectivity index (χ1) is 7.07. The Kier molecular flexibility index (Phi) is 5.53. The maximum atomic E-state index is 11.4. The molecule has 94 valence electrons. The van der Waals surface area contributed by atoms with Crippen LogP contribution < -0.4 is 0 Å². The zero-order valence-corrected chi connectivity index (χ0v) is 12.0. The van der Waals surface area contributed by atoms with Gasteiger partial charge in [-0.2, -0.15) is 12.6 Å². The van der Waals surface area contributed by atoms with E-state index in [-0.39, 0.29) is 18.2 Å². The van der Waals surface area contributed by atoms with Gasteiger partial charge in [-0.3, -0.25) is 14.5 Å². The van der Waals surface area contributed by atoms with E-state index >= 15 is 0 Å². The number of amides is 2. The fourth-order valence-corrected chi connectivity index (χ4v) is 1.59. The highest BCUT2D eigenvalue weighted by Gasteiger charge is 2.42. The molecule has 1 heterocycles. The van der Waals surface area contributed by atoms with E-state index in [1.54, 1.807) is 0 Å². The second-order valence-electron chi connectivity index (χ2n) is 5.69. The minimum absolute atomic E-state index is 0.118. The monoisotopic (exact) mass is 245 g/mol. The van der Waals surface area contributed by atoms with Crippen molar-refractivity contribution in [2.24, 2.45) is 5.92 Å². The van der Waals surface area contributed by atoms with Gasteiger partial charge in [0.2, 0.25) is 11.8 Å². The molecule has 0 aromatic carbocycles. The number of nitrogens with zero attached hydrogens (tertiary/aromatic N) is 1. The lowest BCUT2D eigenvalue weighted by molar-refractivity contribution is -0.143. The van der Waals surface area contributed by atoms with Gasteiger partial charge >= 0.3 is 0 Å². The molecule has 0 spiro atoms. The number of likely N-dealkylation sites (tertiary alicyclic amines) is 1. The van der Waals surface area contributed by atoms with Crippen LogP contribution in [0.15, 0.2) is 0 Å². The van der Waals surface area contributed by atoms with Crippen LogP contribution in [0.4, 0.5) is 0 Å². The summed E-state index contributed by atoms with van der Waals surface area (Å²) < 4.78 is 0. The third-order valence-electron chi connectivity index (χ3n) is 1.79. The zero-order chi connectivity index (χ0) is 13.1. The van der Waals surface area contributed by atoms with Crippen LogP contribution >= 0.6 is 12.6 Å². The van der Waals surface area contributed by atoms with Gasteiger partial charge in [-0.25, -0.2) is 0 Å². The Morgan fingerprint density at radius 2 is 1.62 bits per heavy atom. The summed E-state index contributed by atoms with van der Waals surface area (Å²) in [6, 6.07) is 0. The molecule has 1 saturated heterocycles. The smallest absolute Gasteiger partial charge is 0.243 e. The van der Waals surface area contributed by atoms with Crippen LogP contribution in [0.3, 0.4) is 0 Å². The largest absolute Gasteiger partial charge is 0.276 e. The molecule has 0 bridgehead atoms. The van der Waals surface area contributed by atoms with Gasteiger partial charge in [-0.05, 0) is 26.7 Å². The van der Waals surface area contributed by atoms with Crippen molar-refractivity contribution in [3.63, 3.8) is 0 Å². The van der Waals surface area contributed by atoms with E-state index in [1.165, 1.54) is 4.90 Å². The maximum Gasteiger partial charge on any atom is 0.243 e. The highest BCUT2D eigenvalue weighted by atomic mass is 32.1. The van der Waals surface area contributed by atoms with Crippen LogP contribution in [-0.2, 0) is 9.59 Å². The molecular weight excluding hydrogens is 222 g/mol. The van der Waals surface area contributed by atoms with Crippen LogP contribution in [0.2, 0.25) is 0 Å². The van der Waals surface area contributed by atoms with Crippen molar-refractivity contribution < 1.29 is 9.59 Å². The first-order valence-electron chi connectivity index (χ1n) is 5.62. The number of hydrogen-bond acceptors (Lipinski definition) is 3. The van der Waals surface area contributed by atoms with E-state index in [4.69, 9.17) is 0 Å². The predicted octanol–water partition coefficient (Wildman–Crippen LogP) is 2.50. The SMILES string of the molecule is CC(C)(C)N1C(=O)CC(S)C1=O.CC(C)C. The lowest BCUT2D eigenvalue weighted by Crippen LogP contribution is -2.45. The number of rotatable bonds is 0. The average molecular weight is 245 g/mol. The Bertz CT molecular complexity index is 266. The predicted molar refractivity (Wildman–Crippen MR) is 69.5 cm³/mol. The van der Waals surface area contributed by atoms with Crippen LogP contribution in [0.5, 0.6) is 0 Å². The number of carbonyl (C=O) groups excluding carboxylic acids is 2. The second kappa shape index (κ2) is 5.71. The summed E-state index contributed by atoms with van der Waals surface area (Å²) in [5.74, 6) is 0.545. The van der Waals surface area contributed by atoms with Crippen molar-refractivity contribution in [1.82, 2.24) is 4.90 Å². The molecule has 1 fully saturated rings. The number of imide groups is 1. The summed E-state index contributed by atoms with van der Waals surface area (Å²) in [5.41, 5.74) is -0.411. The van der Waals surface area contributed by atoms with Gasteiger partial charge in [0.05, 0.1) is 5.25 Å². The summed E-state index contributed by atoms with van der Waals surface area (Å²) in [6.07, 6.45) is 0.235. The topological polar surface area (TPSA) is 37.4 Å². The lowest BCUT2D eigenvalue weighted by atomic mass is 10.1.